The number of amides is 2. The molecule has 3 aromatic carbocycles. The Balaban J connectivity index is 1.14. The average Bonchev–Trinajstić information content (AvgIpc) is 3.50. The van der Waals surface area contributed by atoms with Crippen molar-refractivity contribution < 1.29 is 24.2 Å². The van der Waals surface area contributed by atoms with E-state index in [4.69, 9.17) is 9.84 Å². The quantitative estimate of drug-likeness (QED) is 0.442. The number of carboxylic acids is 1. The number of carboxylic acid groups (broad SMARTS) is 1. The first-order valence-electron chi connectivity index (χ1n) is 11.7. The summed E-state index contributed by atoms with van der Waals surface area (Å²) in [5.41, 5.74) is 5.40. The fourth-order valence-electron chi connectivity index (χ4n) is 4.77. The number of rotatable bonds is 8. The van der Waals surface area contributed by atoms with Crippen molar-refractivity contribution in [1.82, 2.24) is 5.32 Å². The Morgan fingerprint density at radius 1 is 0.886 bits per heavy atom. The topological polar surface area (TPSA) is 105 Å². The molecule has 0 aliphatic heterocycles. The molecule has 0 heterocycles. The number of carbonyl (C=O) groups is 3. The van der Waals surface area contributed by atoms with E-state index in [1.165, 1.54) is 11.1 Å². The minimum atomic E-state index is -0.911. The van der Waals surface area contributed by atoms with Gasteiger partial charge in [0, 0.05) is 11.6 Å². The highest BCUT2D eigenvalue weighted by molar-refractivity contribution is 5.85. The Labute approximate surface area is 203 Å². The summed E-state index contributed by atoms with van der Waals surface area (Å²) in [6, 6.07) is 23.3. The van der Waals surface area contributed by atoms with Crippen LogP contribution in [-0.2, 0) is 20.7 Å². The number of benzene rings is 3. The van der Waals surface area contributed by atoms with Crippen LogP contribution in [0.5, 0.6) is 0 Å². The summed E-state index contributed by atoms with van der Waals surface area (Å²) >= 11 is 0. The maximum atomic E-state index is 12.5. The van der Waals surface area contributed by atoms with Crippen LogP contribution in [0.15, 0.2) is 72.8 Å². The molecule has 178 valence electrons. The molecule has 2 aliphatic rings. The lowest BCUT2D eigenvalue weighted by Gasteiger charge is -2.15. The normalized spacial score (nSPS) is 15.0. The van der Waals surface area contributed by atoms with E-state index in [1.807, 2.05) is 24.3 Å². The Morgan fingerprint density at radius 2 is 1.49 bits per heavy atom. The van der Waals surface area contributed by atoms with E-state index >= 15 is 0 Å². The maximum absolute atomic E-state index is 12.5. The summed E-state index contributed by atoms with van der Waals surface area (Å²) in [4.78, 5) is 35.7. The van der Waals surface area contributed by atoms with E-state index in [1.54, 1.807) is 24.3 Å². The molecule has 35 heavy (non-hydrogen) atoms. The molecule has 2 aliphatic carbocycles. The zero-order chi connectivity index (χ0) is 24.4. The van der Waals surface area contributed by atoms with Gasteiger partial charge in [-0.15, -0.1) is 0 Å². The second-order valence-electron chi connectivity index (χ2n) is 9.22. The van der Waals surface area contributed by atoms with Gasteiger partial charge in [-0.1, -0.05) is 60.7 Å². The van der Waals surface area contributed by atoms with Crippen LogP contribution in [0.4, 0.5) is 10.5 Å². The van der Waals surface area contributed by atoms with Crippen LogP contribution in [0.2, 0.25) is 0 Å². The van der Waals surface area contributed by atoms with Crippen molar-refractivity contribution >= 4 is 23.7 Å². The van der Waals surface area contributed by atoms with Gasteiger partial charge in [0.05, 0.1) is 18.4 Å². The standard InChI is InChI=1S/C28H26N2O5/c31-25(30-28(13-14-28)16-26(32)33)15-18-9-11-19(12-10-18)29-27(34)35-17-24-22-7-3-1-5-20(22)21-6-2-4-8-23(21)24/h1-12,24H,13-17H2,(H,29,34)(H,30,31)(H,32,33). The van der Waals surface area contributed by atoms with Gasteiger partial charge in [0.2, 0.25) is 5.91 Å². The van der Waals surface area contributed by atoms with Gasteiger partial charge in [0.1, 0.15) is 6.61 Å². The van der Waals surface area contributed by atoms with Crippen LogP contribution in [-0.4, -0.2) is 35.2 Å². The fraction of sp³-hybridized carbons (Fsp3) is 0.250. The number of carbonyl (C=O) groups excluding carboxylic acids is 2. The third kappa shape index (κ3) is 5.04. The van der Waals surface area contributed by atoms with Crippen molar-refractivity contribution in [3.05, 3.63) is 89.5 Å². The third-order valence-electron chi connectivity index (χ3n) is 6.66. The summed E-state index contributed by atoms with van der Waals surface area (Å²) < 4.78 is 5.57. The molecule has 0 bridgehead atoms. The van der Waals surface area contributed by atoms with Crippen LogP contribution in [0.1, 0.15) is 41.9 Å². The van der Waals surface area contributed by atoms with E-state index in [9.17, 15) is 14.4 Å². The minimum absolute atomic E-state index is 0.00933. The van der Waals surface area contributed by atoms with Gasteiger partial charge in [0.25, 0.3) is 0 Å². The summed E-state index contributed by atoms with van der Waals surface area (Å²) in [5.74, 6) is -1.13. The number of anilines is 1. The van der Waals surface area contributed by atoms with E-state index in [0.29, 0.717) is 18.5 Å². The van der Waals surface area contributed by atoms with Crippen molar-refractivity contribution in [3.8, 4) is 11.1 Å². The Morgan fingerprint density at radius 3 is 2.06 bits per heavy atom. The van der Waals surface area contributed by atoms with Gasteiger partial charge in [-0.25, -0.2) is 4.79 Å². The molecular weight excluding hydrogens is 444 g/mol. The highest BCUT2D eigenvalue weighted by atomic mass is 16.5. The molecule has 3 N–H and O–H groups in total. The largest absolute Gasteiger partial charge is 0.481 e. The first-order valence-corrected chi connectivity index (χ1v) is 11.7. The second-order valence-corrected chi connectivity index (χ2v) is 9.22. The van der Waals surface area contributed by atoms with Crippen molar-refractivity contribution in [3.63, 3.8) is 0 Å². The van der Waals surface area contributed by atoms with Crippen LogP contribution < -0.4 is 10.6 Å². The Kier molecular flexibility index (Phi) is 5.99. The van der Waals surface area contributed by atoms with Crippen LogP contribution in [0.25, 0.3) is 11.1 Å². The SMILES string of the molecule is O=C(O)CC1(NC(=O)Cc2ccc(NC(=O)OCC3c4ccccc4-c4ccccc43)cc2)CC1. The first kappa shape index (κ1) is 22.7. The smallest absolute Gasteiger partial charge is 0.411 e. The lowest BCUT2D eigenvalue weighted by molar-refractivity contribution is -0.138. The van der Waals surface area contributed by atoms with Crippen LogP contribution >= 0.6 is 0 Å². The molecule has 7 heteroatoms. The number of fused-ring (bicyclic) bond motifs is 3. The molecule has 3 aromatic rings. The first-order chi connectivity index (χ1) is 16.9. The predicted octanol–water partition coefficient (Wildman–Crippen LogP) is 4.71. The van der Waals surface area contributed by atoms with E-state index in [0.717, 1.165) is 16.7 Å². The highest BCUT2D eigenvalue weighted by Gasteiger charge is 2.45. The Hall–Kier alpha value is -4.13. The number of hydrogen-bond donors (Lipinski definition) is 3. The number of nitrogens with one attached hydrogen (secondary N) is 2. The lowest BCUT2D eigenvalue weighted by atomic mass is 9.98. The van der Waals surface area contributed by atoms with Gasteiger partial charge in [0.15, 0.2) is 0 Å². The molecule has 0 unspecified atom stereocenters. The molecule has 0 spiro atoms. The molecule has 7 nitrogen and oxygen atoms in total. The predicted molar refractivity (Wildman–Crippen MR) is 131 cm³/mol. The van der Waals surface area contributed by atoms with Crippen molar-refractivity contribution in [2.45, 2.75) is 37.1 Å². The van der Waals surface area contributed by atoms with Crippen molar-refractivity contribution in [1.29, 1.82) is 0 Å². The minimum Gasteiger partial charge on any atom is -0.481 e. The molecule has 1 saturated carbocycles. The summed E-state index contributed by atoms with van der Waals surface area (Å²) in [7, 11) is 0. The van der Waals surface area contributed by atoms with Gasteiger partial charge < -0.3 is 15.2 Å². The second kappa shape index (κ2) is 9.25. The average molecular weight is 471 g/mol. The van der Waals surface area contributed by atoms with Crippen LogP contribution in [0.3, 0.4) is 0 Å². The lowest BCUT2D eigenvalue weighted by Crippen LogP contribution is -2.39. The number of aliphatic carboxylic acids is 1. The molecule has 0 atom stereocenters. The van der Waals surface area contributed by atoms with E-state index in [2.05, 4.69) is 34.9 Å². The van der Waals surface area contributed by atoms with Crippen molar-refractivity contribution in [2.24, 2.45) is 0 Å². The van der Waals surface area contributed by atoms with Crippen molar-refractivity contribution in [2.75, 3.05) is 11.9 Å². The van der Waals surface area contributed by atoms with Gasteiger partial charge in [-0.3, -0.25) is 14.9 Å². The number of hydrogen-bond acceptors (Lipinski definition) is 4. The Bertz CT molecular complexity index is 1240. The molecular formula is C28H26N2O5. The number of ether oxygens (including phenoxy) is 1. The van der Waals surface area contributed by atoms with E-state index < -0.39 is 17.6 Å². The maximum Gasteiger partial charge on any atom is 0.411 e. The summed E-state index contributed by atoms with van der Waals surface area (Å²) in [6.45, 7) is 0.232. The van der Waals surface area contributed by atoms with E-state index in [-0.39, 0.29) is 31.3 Å². The molecule has 5 rings (SSSR count). The van der Waals surface area contributed by atoms with Gasteiger partial charge >= 0.3 is 12.1 Å². The fourth-order valence-corrected chi connectivity index (χ4v) is 4.77. The third-order valence-corrected chi connectivity index (χ3v) is 6.66. The highest BCUT2D eigenvalue weighted by Crippen LogP contribution is 2.44. The molecule has 0 aromatic heterocycles. The summed E-state index contributed by atoms with van der Waals surface area (Å²) in [5, 5.41) is 14.6. The monoisotopic (exact) mass is 470 g/mol. The molecule has 1 fully saturated rings. The zero-order valence-corrected chi connectivity index (χ0v) is 19.1. The molecule has 2 amide bonds. The van der Waals surface area contributed by atoms with Crippen LogP contribution in [0, 0.1) is 0 Å². The van der Waals surface area contributed by atoms with Gasteiger partial charge in [-0.05, 0) is 52.8 Å². The zero-order valence-electron chi connectivity index (χ0n) is 19.1. The molecule has 0 radical (unpaired) electrons. The summed E-state index contributed by atoms with van der Waals surface area (Å²) in [6.07, 6.45) is 0.929. The van der Waals surface area contributed by atoms with Gasteiger partial charge in [-0.2, -0.15) is 0 Å². The molecule has 0 saturated heterocycles.